The van der Waals surface area contributed by atoms with Crippen molar-refractivity contribution < 1.29 is 19.4 Å². The molecule has 19 heavy (non-hydrogen) atoms. The maximum Gasteiger partial charge on any atom is 0.318 e. The van der Waals surface area contributed by atoms with E-state index in [4.69, 9.17) is 9.84 Å². The summed E-state index contributed by atoms with van der Waals surface area (Å²) in [4.78, 5) is 24.2. The highest BCUT2D eigenvalue weighted by Crippen LogP contribution is 2.12. The van der Waals surface area contributed by atoms with Crippen LogP contribution in [0.25, 0.3) is 0 Å². The summed E-state index contributed by atoms with van der Waals surface area (Å²) in [6.07, 6.45) is 2.03. The molecule has 0 unspecified atom stereocenters. The van der Waals surface area contributed by atoms with Crippen molar-refractivity contribution in [2.45, 2.75) is 32.2 Å². The van der Waals surface area contributed by atoms with Gasteiger partial charge in [-0.25, -0.2) is 4.79 Å². The fraction of sp³-hybridized carbons (Fsp3) is 0.692. The molecule has 0 aliphatic carbocycles. The molecule has 0 aromatic carbocycles. The molecule has 6 nitrogen and oxygen atoms in total. The number of amides is 2. The lowest BCUT2D eigenvalue weighted by molar-refractivity contribution is -0.137. The maximum absolute atomic E-state index is 12.1. The Kier molecular flexibility index (Phi) is 7.83. The molecular formula is C13H24N2O4. The molecule has 0 rings (SSSR count). The molecule has 0 aromatic rings. The smallest absolute Gasteiger partial charge is 0.318 e. The molecule has 6 heteroatoms. The van der Waals surface area contributed by atoms with Gasteiger partial charge < -0.3 is 20.1 Å². The van der Waals surface area contributed by atoms with Gasteiger partial charge in [0.05, 0.1) is 6.61 Å². The third-order valence-electron chi connectivity index (χ3n) is 2.61. The number of carboxylic acid groups (broad SMARTS) is 1. The van der Waals surface area contributed by atoms with Gasteiger partial charge in [-0.2, -0.15) is 0 Å². The van der Waals surface area contributed by atoms with Crippen LogP contribution in [0.1, 0.15) is 26.7 Å². The second-order valence-corrected chi connectivity index (χ2v) is 4.94. The van der Waals surface area contributed by atoms with E-state index in [1.165, 1.54) is 0 Å². The Morgan fingerprint density at radius 1 is 1.47 bits per heavy atom. The largest absolute Gasteiger partial charge is 0.481 e. The lowest BCUT2D eigenvalue weighted by atomic mass is 9.99. The number of nitrogens with one attached hydrogen (secondary N) is 1. The molecule has 0 atom stereocenters. The molecule has 0 heterocycles. The summed E-state index contributed by atoms with van der Waals surface area (Å²) in [6.45, 7) is 8.53. The van der Waals surface area contributed by atoms with Crippen LogP contribution in [0.4, 0.5) is 4.79 Å². The third-order valence-corrected chi connectivity index (χ3v) is 2.61. The predicted octanol–water partition coefficient (Wildman–Crippen LogP) is 1.47. The van der Waals surface area contributed by atoms with Crippen molar-refractivity contribution >= 4 is 12.0 Å². The van der Waals surface area contributed by atoms with Crippen molar-refractivity contribution in [3.05, 3.63) is 12.7 Å². The Bertz CT molecular complexity index is 316. The molecule has 0 saturated carbocycles. The number of carboxylic acids is 1. The van der Waals surface area contributed by atoms with Crippen LogP contribution in [0.5, 0.6) is 0 Å². The maximum atomic E-state index is 12.1. The summed E-state index contributed by atoms with van der Waals surface area (Å²) >= 11 is 0. The van der Waals surface area contributed by atoms with E-state index in [2.05, 4.69) is 11.9 Å². The van der Waals surface area contributed by atoms with Gasteiger partial charge in [0.25, 0.3) is 0 Å². The highest BCUT2D eigenvalue weighted by molar-refractivity contribution is 5.75. The van der Waals surface area contributed by atoms with Crippen LogP contribution < -0.4 is 5.32 Å². The number of nitrogens with zero attached hydrogens (tertiary/aromatic N) is 1. The first-order valence-electron chi connectivity index (χ1n) is 6.21. The van der Waals surface area contributed by atoms with Crippen LogP contribution in [0.3, 0.4) is 0 Å². The number of ether oxygens (including phenoxy) is 1. The Labute approximate surface area is 114 Å². The zero-order chi connectivity index (χ0) is 14.9. The average molecular weight is 272 g/mol. The molecular weight excluding hydrogens is 248 g/mol. The SMILES string of the molecule is C=CCN(CCOC)C(=O)NC(C)(C)CCC(=O)O. The van der Waals surface area contributed by atoms with Gasteiger partial charge in [0.15, 0.2) is 0 Å². The Morgan fingerprint density at radius 2 is 2.11 bits per heavy atom. The minimum atomic E-state index is -0.871. The van der Waals surface area contributed by atoms with Gasteiger partial charge in [0, 0.05) is 32.2 Å². The van der Waals surface area contributed by atoms with Gasteiger partial charge >= 0.3 is 12.0 Å². The number of carbonyl (C=O) groups is 2. The molecule has 110 valence electrons. The van der Waals surface area contributed by atoms with E-state index < -0.39 is 11.5 Å². The van der Waals surface area contributed by atoms with E-state index in [-0.39, 0.29) is 12.5 Å². The van der Waals surface area contributed by atoms with Crippen LogP contribution in [0.15, 0.2) is 12.7 Å². The number of urea groups is 1. The number of methoxy groups -OCH3 is 1. The van der Waals surface area contributed by atoms with Crippen LogP contribution >= 0.6 is 0 Å². The molecule has 0 spiro atoms. The van der Waals surface area contributed by atoms with Gasteiger partial charge in [-0.3, -0.25) is 4.79 Å². The molecule has 0 aliphatic rings. The molecule has 0 aliphatic heterocycles. The first-order valence-corrected chi connectivity index (χ1v) is 6.21. The van der Waals surface area contributed by atoms with Gasteiger partial charge in [-0.15, -0.1) is 6.58 Å². The van der Waals surface area contributed by atoms with E-state index in [0.717, 1.165) is 0 Å². The van der Waals surface area contributed by atoms with Gasteiger partial charge in [-0.1, -0.05) is 6.08 Å². The molecule has 0 aromatic heterocycles. The molecule has 0 radical (unpaired) electrons. The summed E-state index contributed by atoms with van der Waals surface area (Å²) in [5.41, 5.74) is -0.567. The number of hydrogen-bond donors (Lipinski definition) is 2. The second-order valence-electron chi connectivity index (χ2n) is 4.94. The lowest BCUT2D eigenvalue weighted by Gasteiger charge is -2.30. The highest BCUT2D eigenvalue weighted by Gasteiger charge is 2.24. The minimum absolute atomic E-state index is 0.0206. The van der Waals surface area contributed by atoms with Crippen molar-refractivity contribution in [1.82, 2.24) is 10.2 Å². The van der Waals surface area contributed by atoms with Crippen molar-refractivity contribution in [1.29, 1.82) is 0 Å². The lowest BCUT2D eigenvalue weighted by Crippen LogP contribution is -2.51. The zero-order valence-electron chi connectivity index (χ0n) is 11.9. The van der Waals surface area contributed by atoms with E-state index in [1.807, 2.05) is 0 Å². The normalized spacial score (nSPS) is 10.9. The van der Waals surface area contributed by atoms with Gasteiger partial charge in [0.1, 0.15) is 0 Å². The first kappa shape index (κ1) is 17.4. The molecule has 0 saturated heterocycles. The van der Waals surface area contributed by atoms with Gasteiger partial charge in [0.2, 0.25) is 0 Å². The van der Waals surface area contributed by atoms with Crippen LogP contribution in [-0.4, -0.2) is 54.4 Å². The fourth-order valence-electron chi connectivity index (χ4n) is 1.48. The predicted molar refractivity (Wildman–Crippen MR) is 73.1 cm³/mol. The minimum Gasteiger partial charge on any atom is -0.481 e. The third kappa shape index (κ3) is 8.20. The number of rotatable bonds is 9. The Morgan fingerprint density at radius 3 is 2.58 bits per heavy atom. The number of carbonyl (C=O) groups excluding carboxylic acids is 1. The summed E-state index contributed by atoms with van der Waals surface area (Å²) in [6, 6.07) is -0.243. The molecule has 2 amide bonds. The molecule has 0 bridgehead atoms. The molecule has 0 fully saturated rings. The summed E-state index contributed by atoms with van der Waals surface area (Å²) in [5, 5.41) is 11.5. The Balaban J connectivity index is 4.42. The summed E-state index contributed by atoms with van der Waals surface area (Å²) in [7, 11) is 1.57. The summed E-state index contributed by atoms with van der Waals surface area (Å²) in [5.74, 6) is -0.871. The van der Waals surface area contributed by atoms with Crippen LogP contribution in [0, 0.1) is 0 Å². The second kappa shape index (κ2) is 8.53. The van der Waals surface area contributed by atoms with Crippen molar-refractivity contribution in [3.8, 4) is 0 Å². The monoisotopic (exact) mass is 272 g/mol. The zero-order valence-corrected chi connectivity index (χ0v) is 11.9. The first-order chi connectivity index (χ1) is 8.82. The average Bonchev–Trinajstić information content (AvgIpc) is 2.31. The van der Waals surface area contributed by atoms with Crippen molar-refractivity contribution in [2.75, 3.05) is 26.8 Å². The van der Waals surface area contributed by atoms with E-state index in [0.29, 0.717) is 26.1 Å². The Hall–Kier alpha value is -1.56. The van der Waals surface area contributed by atoms with Crippen LogP contribution in [0.2, 0.25) is 0 Å². The van der Waals surface area contributed by atoms with E-state index >= 15 is 0 Å². The fourth-order valence-corrected chi connectivity index (χ4v) is 1.48. The number of hydrogen-bond acceptors (Lipinski definition) is 3. The highest BCUT2D eigenvalue weighted by atomic mass is 16.5. The quantitative estimate of drug-likeness (QED) is 0.623. The van der Waals surface area contributed by atoms with Crippen molar-refractivity contribution in [2.24, 2.45) is 0 Å². The van der Waals surface area contributed by atoms with Crippen molar-refractivity contribution in [3.63, 3.8) is 0 Å². The van der Waals surface area contributed by atoms with E-state index in [9.17, 15) is 9.59 Å². The van der Waals surface area contributed by atoms with E-state index in [1.54, 1.807) is 31.9 Å². The van der Waals surface area contributed by atoms with Gasteiger partial charge in [-0.05, 0) is 20.3 Å². The summed E-state index contributed by atoms with van der Waals surface area (Å²) < 4.78 is 4.94. The number of aliphatic carboxylic acids is 1. The standard InChI is InChI=1S/C13H24N2O4/c1-5-8-15(9-10-19-4)12(18)14-13(2,3)7-6-11(16)17/h5H,1,6-10H2,2-4H3,(H,14,18)(H,16,17). The topological polar surface area (TPSA) is 78.9 Å². The van der Waals surface area contributed by atoms with Crippen LogP contribution in [-0.2, 0) is 9.53 Å². The molecule has 2 N–H and O–H groups in total.